The fourth-order valence-electron chi connectivity index (χ4n) is 1.48. The van der Waals surface area contributed by atoms with Crippen molar-refractivity contribution in [3.8, 4) is 0 Å². The molecule has 2 N–H and O–H groups in total. The van der Waals surface area contributed by atoms with Crippen molar-refractivity contribution in [3.63, 3.8) is 0 Å². The summed E-state index contributed by atoms with van der Waals surface area (Å²) >= 11 is 3.47. The molecular formula is C13H19BrN2O. The Morgan fingerprint density at radius 3 is 2.76 bits per heavy atom. The Kier molecular flexibility index (Phi) is 5.48. The molecule has 0 radical (unpaired) electrons. The molecule has 0 saturated carbocycles. The van der Waals surface area contributed by atoms with E-state index < -0.39 is 0 Å². The average Bonchev–Trinajstić information content (AvgIpc) is 2.22. The number of hydrogen-bond donors (Lipinski definition) is 2. The van der Waals surface area contributed by atoms with Crippen LogP contribution in [0.3, 0.4) is 0 Å². The average molecular weight is 299 g/mol. The Morgan fingerprint density at radius 1 is 1.41 bits per heavy atom. The normalized spacial score (nSPS) is 10.4. The van der Waals surface area contributed by atoms with Gasteiger partial charge >= 0.3 is 0 Å². The van der Waals surface area contributed by atoms with E-state index in [1.807, 2.05) is 32.9 Å². The molecule has 0 saturated heterocycles. The Hall–Kier alpha value is -1.03. The predicted octanol–water partition coefficient (Wildman–Crippen LogP) is 3.08. The van der Waals surface area contributed by atoms with Crippen molar-refractivity contribution >= 4 is 27.5 Å². The Balaban J connectivity index is 2.40. The zero-order valence-electron chi connectivity index (χ0n) is 10.5. The van der Waals surface area contributed by atoms with Gasteiger partial charge in [-0.05, 0) is 54.4 Å². The zero-order valence-corrected chi connectivity index (χ0v) is 12.1. The number of amides is 1. The number of benzene rings is 1. The molecule has 0 unspecified atom stereocenters. The summed E-state index contributed by atoms with van der Waals surface area (Å²) in [6, 6.07) is 6.31. The van der Waals surface area contributed by atoms with Crippen LogP contribution >= 0.6 is 15.9 Å². The van der Waals surface area contributed by atoms with Gasteiger partial charge in [0.25, 0.3) is 0 Å². The minimum absolute atomic E-state index is 0.0799. The van der Waals surface area contributed by atoms with E-state index in [2.05, 4.69) is 32.6 Å². The van der Waals surface area contributed by atoms with Crippen molar-refractivity contribution in [3.05, 3.63) is 28.2 Å². The molecule has 3 nitrogen and oxygen atoms in total. The third kappa shape index (κ3) is 5.22. The maximum atomic E-state index is 11.4. The van der Waals surface area contributed by atoms with Gasteiger partial charge in [-0.25, -0.2) is 0 Å². The molecule has 0 fully saturated rings. The second-order valence-corrected chi connectivity index (χ2v) is 5.24. The highest BCUT2D eigenvalue weighted by atomic mass is 79.9. The van der Waals surface area contributed by atoms with Gasteiger partial charge in [0.05, 0.1) is 0 Å². The van der Waals surface area contributed by atoms with E-state index in [1.165, 1.54) is 5.56 Å². The number of hydrogen-bond acceptors (Lipinski definition) is 2. The van der Waals surface area contributed by atoms with Crippen LogP contribution in [0, 0.1) is 6.92 Å². The van der Waals surface area contributed by atoms with Crippen LogP contribution in [0.5, 0.6) is 0 Å². The van der Waals surface area contributed by atoms with E-state index in [1.54, 1.807) is 0 Å². The Bertz CT molecular complexity index is 391. The first-order chi connectivity index (χ1) is 7.99. The van der Waals surface area contributed by atoms with Crippen LogP contribution < -0.4 is 10.6 Å². The van der Waals surface area contributed by atoms with Gasteiger partial charge in [-0.3, -0.25) is 4.79 Å². The molecule has 0 atom stereocenters. The zero-order chi connectivity index (χ0) is 12.8. The lowest BCUT2D eigenvalue weighted by Gasteiger charge is -2.11. The SMILES string of the molecule is Cc1ccc(Br)c(NCCC(=O)NC(C)C)c1. The summed E-state index contributed by atoms with van der Waals surface area (Å²) in [4.78, 5) is 11.4. The van der Waals surface area contributed by atoms with Gasteiger partial charge in [-0.2, -0.15) is 0 Å². The Morgan fingerprint density at radius 2 is 2.12 bits per heavy atom. The first-order valence-electron chi connectivity index (χ1n) is 5.78. The lowest BCUT2D eigenvalue weighted by Crippen LogP contribution is -2.31. The van der Waals surface area contributed by atoms with Crippen LogP contribution in [0.4, 0.5) is 5.69 Å². The topological polar surface area (TPSA) is 41.1 Å². The molecule has 1 rings (SSSR count). The first kappa shape index (κ1) is 14.0. The highest BCUT2D eigenvalue weighted by Gasteiger charge is 2.04. The van der Waals surface area contributed by atoms with E-state index in [0.29, 0.717) is 13.0 Å². The number of rotatable bonds is 5. The summed E-state index contributed by atoms with van der Waals surface area (Å²) in [6.45, 7) is 6.61. The second-order valence-electron chi connectivity index (χ2n) is 4.38. The minimum atomic E-state index is 0.0799. The number of anilines is 1. The predicted molar refractivity (Wildman–Crippen MR) is 75.3 cm³/mol. The molecule has 0 aliphatic heterocycles. The van der Waals surface area contributed by atoms with Crippen LogP contribution in [-0.2, 0) is 4.79 Å². The highest BCUT2D eigenvalue weighted by Crippen LogP contribution is 2.23. The molecular weight excluding hydrogens is 280 g/mol. The molecule has 0 aliphatic rings. The van der Waals surface area contributed by atoms with Crippen LogP contribution in [0.1, 0.15) is 25.8 Å². The van der Waals surface area contributed by atoms with Crippen molar-refractivity contribution in [1.29, 1.82) is 0 Å². The highest BCUT2D eigenvalue weighted by molar-refractivity contribution is 9.10. The summed E-state index contributed by atoms with van der Waals surface area (Å²) in [7, 11) is 0. The largest absolute Gasteiger partial charge is 0.384 e. The number of aryl methyl sites for hydroxylation is 1. The minimum Gasteiger partial charge on any atom is -0.384 e. The van der Waals surface area contributed by atoms with Crippen molar-refractivity contribution in [2.45, 2.75) is 33.2 Å². The maximum absolute atomic E-state index is 11.4. The van der Waals surface area contributed by atoms with Gasteiger partial charge in [0.1, 0.15) is 0 Å². The molecule has 1 aromatic carbocycles. The molecule has 1 amide bonds. The van der Waals surface area contributed by atoms with Crippen molar-refractivity contribution in [1.82, 2.24) is 5.32 Å². The third-order valence-electron chi connectivity index (χ3n) is 2.24. The fourth-order valence-corrected chi connectivity index (χ4v) is 1.87. The van der Waals surface area contributed by atoms with Crippen molar-refractivity contribution in [2.24, 2.45) is 0 Å². The van der Waals surface area contributed by atoms with E-state index in [9.17, 15) is 4.79 Å². The smallest absolute Gasteiger partial charge is 0.221 e. The third-order valence-corrected chi connectivity index (χ3v) is 2.93. The Labute approximate surface area is 111 Å². The molecule has 1 aromatic rings. The van der Waals surface area contributed by atoms with Gasteiger partial charge < -0.3 is 10.6 Å². The van der Waals surface area contributed by atoms with Gasteiger partial charge in [0.15, 0.2) is 0 Å². The molecule has 94 valence electrons. The van der Waals surface area contributed by atoms with E-state index in [-0.39, 0.29) is 11.9 Å². The lowest BCUT2D eigenvalue weighted by molar-refractivity contribution is -0.121. The lowest BCUT2D eigenvalue weighted by atomic mass is 10.2. The van der Waals surface area contributed by atoms with E-state index in [4.69, 9.17) is 0 Å². The number of halogens is 1. The molecule has 0 spiro atoms. The quantitative estimate of drug-likeness (QED) is 0.877. The van der Waals surface area contributed by atoms with Crippen LogP contribution in [0.25, 0.3) is 0 Å². The summed E-state index contributed by atoms with van der Waals surface area (Å²) in [5, 5.41) is 6.11. The maximum Gasteiger partial charge on any atom is 0.221 e. The molecule has 0 aromatic heterocycles. The molecule has 0 aliphatic carbocycles. The summed E-state index contributed by atoms with van der Waals surface area (Å²) in [5.41, 5.74) is 2.23. The molecule has 17 heavy (non-hydrogen) atoms. The number of carbonyl (C=O) groups excluding carboxylic acids is 1. The van der Waals surface area contributed by atoms with Gasteiger partial charge in [0, 0.05) is 29.2 Å². The van der Waals surface area contributed by atoms with Gasteiger partial charge in [0.2, 0.25) is 5.91 Å². The van der Waals surface area contributed by atoms with Crippen LogP contribution in [0.2, 0.25) is 0 Å². The van der Waals surface area contributed by atoms with Gasteiger partial charge in [-0.15, -0.1) is 0 Å². The number of nitrogens with one attached hydrogen (secondary N) is 2. The molecule has 0 bridgehead atoms. The summed E-state index contributed by atoms with van der Waals surface area (Å²) in [5.74, 6) is 0.0799. The van der Waals surface area contributed by atoms with E-state index >= 15 is 0 Å². The van der Waals surface area contributed by atoms with Crippen LogP contribution in [-0.4, -0.2) is 18.5 Å². The second kappa shape index (κ2) is 6.64. The van der Waals surface area contributed by atoms with E-state index in [0.717, 1.165) is 10.2 Å². The fraction of sp³-hybridized carbons (Fsp3) is 0.462. The monoisotopic (exact) mass is 298 g/mol. The van der Waals surface area contributed by atoms with Crippen molar-refractivity contribution < 1.29 is 4.79 Å². The molecule has 0 heterocycles. The van der Waals surface area contributed by atoms with Gasteiger partial charge in [-0.1, -0.05) is 6.07 Å². The van der Waals surface area contributed by atoms with Crippen molar-refractivity contribution in [2.75, 3.05) is 11.9 Å². The first-order valence-corrected chi connectivity index (χ1v) is 6.57. The summed E-state index contributed by atoms with van der Waals surface area (Å²) < 4.78 is 1.02. The van der Waals surface area contributed by atoms with Crippen LogP contribution in [0.15, 0.2) is 22.7 Å². The standard InChI is InChI=1S/C13H19BrN2O/c1-9(2)16-13(17)6-7-15-12-8-10(3)4-5-11(12)14/h4-5,8-9,15H,6-7H2,1-3H3,(H,16,17). The molecule has 4 heteroatoms. The summed E-state index contributed by atoms with van der Waals surface area (Å²) in [6.07, 6.45) is 0.485. The number of carbonyl (C=O) groups is 1.